The first-order valence-corrected chi connectivity index (χ1v) is 9.88. The van der Waals surface area contributed by atoms with E-state index >= 15 is 0 Å². The summed E-state index contributed by atoms with van der Waals surface area (Å²) in [6.07, 6.45) is 0.961. The first-order chi connectivity index (χ1) is 12.5. The summed E-state index contributed by atoms with van der Waals surface area (Å²) in [5.41, 5.74) is 2.14. The Hall–Kier alpha value is -1.92. The fourth-order valence-corrected chi connectivity index (χ4v) is 4.57. The van der Waals surface area contributed by atoms with Crippen molar-refractivity contribution in [3.05, 3.63) is 51.0 Å². The van der Waals surface area contributed by atoms with E-state index in [1.54, 1.807) is 30.6 Å². The number of nitrogens with zero attached hydrogens (tertiary/aromatic N) is 1. The Morgan fingerprint density at radius 2 is 2.00 bits per heavy atom. The van der Waals surface area contributed by atoms with E-state index in [9.17, 15) is 9.18 Å². The highest BCUT2D eigenvalue weighted by molar-refractivity contribution is 7.14. The lowest BCUT2D eigenvalue weighted by Crippen LogP contribution is -3.13. The average Bonchev–Trinajstić information content (AvgIpc) is 3.03. The number of hydrogen-bond acceptors (Lipinski definition) is 3. The molecule has 3 rings (SSSR count). The summed E-state index contributed by atoms with van der Waals surface area (Å²) in [5.74, 6) is 0.618. The molecule has 0 radical (unpaired) electrons. The molecule has 1 aromatic heterocycles. The predicted octanol–water partition coefficient (Wildman–Crippen LogP) is 2.31. The molecule has 0 spiro atoms. The lowest BCUT2D eigenvalue weighted by atomic mass is 10.1. The minimum Gasteiger partial charge on any atom is -0.496 e. The van der Waals surface area contributed by atoms with E-state index in [0.717, 1.165) is 48.8 Å². The Morgan fingerprint density at radius 3 is 2.62 bits per heavy atom. The first-order valence-electron chi connectivity index (χ1n) is 9.06. The van der Waals surface area contributed by atoms with Gasteiger partial charge >= 0.3 is 0 Å². The third-order valence-corrected chi connectivity index (χ3v) is 6.13. The summed E-state index contributed by atoms with van der Waals surface area (Å²) in [6, 6.07) is 6.68. The zero-order chi connectivity index (χ0) is 18.7. The van der Waals surface area contributed by atoms with E-state index in [2.05, 4.69) is 13.8 Å². The molecular weight excluding hydrogens is 351 g/mol. The maximum atomic E-state index is 13.5. The maximum absolute atomic E-state index is 13.5. The van der Waals surface area contributed by atoms with Gasteiger partial charge in [-0.15, -0.1) is 11.3 Å². The van der Waals surface area contributed by atoms with Crippen LogP contribution in [0.15, 0.2) is 24.3 Å². The average molecular weight is 378 g/mol. The highest BCUT2D eigenvalue weighted by atomic mass is 32.1. The number of thiophene rings is 1. The van der Waals surface area contributed by atoms with E-state index in [4.69, 9.17) is 4.74 Å². The van der Waals surface area contributed by atoms with Gasteiger partial charge in [0.15, 0.2) is 0 Å². The Morgan fingerprint density at radius 1 is 1.27 bits per heavy atom. The number of amides is 1. The molecule has 1 fully saturated rings. The lowest BCUT2D eigenvalue weighted by molar-refractivity contribution is -0.917. The van der Waals surface area contributed by atoms with Gasteiger partial charge in [-0.3, -0.25) is 4.79 Å². The topological polar surface area (TPSA) is 34.0 Å². The van der Waals surface area contributed by atoms with Crippen LogP contribution in [0, 0.1) is 12.7 Å². The van der Waals surface area contributed by atoms with E-state index in [1.807, 2.05) is 11.0 Å². The van der Waals surface area contributed by atoms with Gasteiger partial charge in [0.1, 0.15) is 18.1 Å². The normalized spacial score (nSPS) is 15.3. The number of ether oxygens (including phenoxy) is 1. The van der Waals surface area contributed by atoms with Crippen molar-refractivity contribution in [1.82, 2.24) is 4.90 Å². The van der Waals surface area contributed by atoms with Crippen molar-refractivity contribution in [3.8, 4) is 5.75 Å². The monoisotopic (exact) mass is 377 g/mol. The van der Waals surface area contributed by atoms with Gasteiger partial charge in [0.25, 0.3) is 5.91 Å². The molecule has 0 aliphatic carbocycles. The molecule has 0 bridgehead atoms. The Labute approximate surface area is 158 Å². The number of nitrogens with one attached hydrogen (secondary N) is 1. The van der Waals surface area contributed by atoms with Gasteiger partial charge < -0.3 is 14.5 Å². The molecule has 2 aromatic rings. The van der Waals surface area contributed by atoms with Crippen molar-refractivity contribution < 1.29 is 18.8 Å². The molecular formula is C20H26FN2O2S+. The number of halogens is 1. The minimum atomic E-state index is -0.242. The van der Waals surface area contributed by atoms with Crippen LogP contribution in [0.25, 0.3) is 0 Å². The van der Waals surface area contributed by atoms with Crippen molar-refractivity contribution in [2.45, 2.75) is 26.8 Å². The van der Waals surface area contributed by atoms with Gasteiger partial charge in [0.05, 0.1) is 43.7 Å². The number of benzene rings is 1. The molecule has 4 nitrogen and oxygen atoms in total. The van der Waals surface area contributed by atoms with E-state index in [0.29, 0.717) is 6.54 Å². The van der Waals surface area contributed by atoms with Gasteiger partial charge in [-0.25, -0.2) is 4.39 Å². The Kier molecular flexibility index (Phi) is 5.94. The number of carbonyl (C=O) groups is 1. The highest BCUT2D eigenvalue weighted by Gasteiger charge is 2.26. The van der Waals surface area contributed by atoms with Crippen LogP contribution >= 0.6 is 11.3 Å². The number of piperazine rings is 1. The van der Waals surface area contributed by atoms with Crippen LogP contribution < -0.4 is 9.64 Å². The number of carbonyl (C=O) groups excluding carboxylic acids is 1. The standard InChI is InChI=1S/C20H25FN2O2S/c1-4-15-12-19(26-14(15)2)20(24)23-9-7-22(8-10-23)13-16-11-17(21)5-6-18(16)25-3/h5-6,11-12H,4,7-10,13H2,1-3H3/p+1. The molecule has 1 aliphatic rings. The molecule has 1 N–H and O–H groups in total. The SMILES string of the molecule is CCc1cc(C(=O)N2CC[NH+](Cc3cc(F)ccc3OC)CC2)sc1C. The third-order valence-electron chi connectivity index (χ3n) is 5.05. The molecule has 1 saturated heterocycles. The summed E-state index contributed by atoms with van der Waals surface area (Å²) in [4.78, 5) is 18.1. The van der Waals surface area contributed by atoms with Crippen molar-refractivity contribution in [3.63, 3.8) is 0 Å². The maximum Gasteiger partial charge on any atom is 0.264 e. The molecule has 6 heteroatoms. The molecule has 1 aromatic carbocycles. The van der Waals surface area contributed by atoms with E-state index in [-0.39, 0.29) is 11.7 Å². The van der Waals surface area contributed by atoms with Crippen molar-refractivity contribution in [2.24, 2.45) is 0 Å². The molecule has 140 valence electrons. The third kappa shape index (κ3) is 4.07. The molecule has 1 amide bonds. The Bertz CT molecular complexity index is 782. The molecule has 2 heterocycles. The predicted molar refractivity (Wildman–Crippen MR) is 102 cm³/mol. The lowest BCUT2D eigenvalue weighted by Gasteiger charge is -2.32. The summed E-state index contributed by atoms with van der Waals surface area (Å²) >= 11 is 1.59. The van der Waals surface area contributed by atoms with Gasteiger partial charge in [-0.2, -0.15) is 0 Å². The van der Waals surface area contributed by atoms with Gasteiger partial charge in [0.2, 0.25) is 0 Å². The van der Waals surface area contributed by atoms with Crippen molar-refractivity contribution >= 4 is 17.2 Å². The number of aryl methyl sites for hydroxylation is 2. The largest absolute Gasteiger partial charge is 0.496 e. The molecule has 0 atom stereocenters. The van der Waals surface area contributed by atoms with Gasteiger partial charge in [-0.05, 0) is 43.2 Å². The second-order valence-electron chi connectivity index (χ2n) is 6.72. The second-order valence-corrected chi connectivity index (χ2v) is 7.98. The molecule has 26 heavy (non-hydrogen) atoms. The van der Waals surface area contributed by atoms with Crippen molar-refractivity contribution in [2.75, 3.05) is 33.3 Å². The van der Waals surface area contributed by atoms with E-state index in [1.165, 1.54) is 21.4 Å². The molecule has 0 unspecified atom stereocenters. The van der Waals surface area contributed by atoms with Crippen LogP contribution in [0.4, 0.5) is 4.39 Å². The smallest absolute Gasteiger partial charge is 0.264 e. The van der Waals surface area contributed by atoms with Crippen LogP contribution in [0.1, 0.15) is 32.6 Å². The van der Waals surface area contributed by atoms with Gasteiger partial charge in [0, 0.05) is 4.88 Å². The zero-order valence-corrected chi connectivity index (χ0v) is 16.4. The minimum absolute atomic E-state index is 0.139. The molecule has 1 aliphatic heterocycles. The van der Waals surface area contributed by atoms with Gasteiger partial charge in [-0.1, -0.05) is 6.92 Å². The quantitative estimate of drug-likeness (QED) is 0.868. The van der Waals surface area contributed by atoms with Crippen LogP contribution in [0.3, 0.4) is 0 Å². The fraction of sp³-hybridized carbons (Fsp3) is 0.450. The fourth-order valence-electron chi connectivity index (χ4n) is 3.49. The van der Waals surface area contributed by atoms with E-state index < -0.39 is 0 Å². The van der Waals surface area contributed by atoms with Crippen molar-refractivity contribution in [1.29, 1.82) is 0 Å². The highest BCUT2D eigenvalue weighted by Crippen LogP contribution is 2.23. The number of quaternary nitrogens is 1. The summed E-state index contributed by atoms with van der Waals surface area (Å²) in [5, 5.41) is 0. The first kappa shape index (κ1) is 18.9. The summed E-state index contributed by atoms with van der Waals surface area (Å²) < 4.78 is 18.9. The second kappa shape index (κ2) is 8.18. The van der Waals surface area contributed by atoms with Crippen LogP contribution in [0.5, 0.6) is 5.75 Å². The summed E-state index contributed by atoms with van der Waals surface area (Å²) in [7, 11) is 1.61. The molecule has 0 saturated carbocycles. The van der Waals surface area contributed by atoms with Crippen LogP contribution in [-0.2, 0) is 13.0 Å². The summed E-state index contributed by atoms with van der Waals surface area (Å²) in [6.45, 7) is 8.07. The van der Waals surface area contributed by atoms with Crippen LogP contribution in [-0.4, -0.2) is 44.1 Å². The zero-order valence-electron chi connectivity index (χ0n) is 15.6. The number of hydrogen-bond donors (Lipinski definition) is 1. The number of rotatable bonds is 5. The van der Waals surface area contributed by atoms with Crippen LogP contribution in [0.2, 0.25) is 0 Å². The number of methoxy groups -OCH3 is 1. The Balaban J connectivity index is 1.60.